The summed E-state index contributed by atoms with van der Waals surface area (Å²) in [6, 6.07) is 11.3. The van der Waals surface area contributed by atoms with Gasteiger partial charge in [-0.05, 0) is 19.1 Å². The fraction of sp³-hybridized carbons (Fsp3) is 0.182. The Bertz CT molecular complexity index is 423. The summed E-state index contributed by atoms with van der Waals surface area (Å²) in [6.07, 6.45) is -0.996. The first-order valence-corrected chi connectivity index (χ1v) is 4.27. The molecule has 13 heavy (non-hydrogen) atoms. The molecule has 0 radical (unpaired) electrons. The molecule has 0 N–H and O–H groups in total. The number of nitrogens with zero attached hydrogens (tertiary/aromatic N) is 1. The molecule has 0 unspecified atom stereocenters. The van der Waals surface area contributed by atoms with Gasteiger partial charge in [-0.3, -0.25) is 0 Å². The zero-order valence-electron chi connectivity index (χ0n) is 7.37. The van der Waals surface area contributed by atoms with Gasteiger partial charge in [-0.15, -0.1) is 0 Å². The van der Waals surface area contributed by atoms with E-state index < -0.39 is 6.17 Å². The highest BCUT2D eigenvalue weighted by atomic mass is 19.1. The maximum Gasteiger partial charge on any atom is 0.139 e. The Kier molecular flexibility index (Phi) is 1.97. The average Bonchev–Trinajstić information content (AvgIpc) is 2.17. The number of para-hydroxylation sites is 1. The van der Waals surface area contributed by atoms with Crippen LogP contribution in [0.3, 0.4) is 0 Å². The van der Waals surface area contributed by atoms with E-state index in [4.69, 9.17) is 0 Å². The molecular weight excluding hydrogens is 165 g/mol. The summed E-state index contributed by atoms with van der Waals surface area (Å²) in [5, 5.41) is 1.05. The van der Waals surface area contributed by atoms with Crippen LogP contribution in [0.25, 0.3) is 10.9 Å². The molecule has 66 valence electrons. The lowest BCUT2D eigenvalue weighted by Gasteiger charge is -2.02. The van der Waals surface area contributed by atoms with Gasteiger partial charge in [-0.25, -0.2) is 9.37 Å². The quantitative estimate of drug-likeness (QED) is 0.648. The Morgan fingerprint density at radius 2 is 1.92 bits per heavy atom. The molecule has 1 heterocycles. The topological polar surface area (TPSA) is 12.9 Å². The van der Waals surface area contributed by atoms with Gasteiger partial charge in [-0.2, -0.15) is 0 Å². The molecule has 0 spiro atoms. The Labute approximate surface area is 76.2 Å². The van der Waals surface area contributed by atoms with Crippen molar-refractivity contribution in [3.8, 4) is 0 Å². The molecule has 2 aromatic rings. The molecule has 0 aliphatic heterocycles. The van der Waals surface area contributed by atoms with E-state index in [2.05, 4.69) is 4.98 Å². The van der Waals surface area contributed by atoms with Gasteiger partial charge in [-0.1, -0.05) is 24.3 Å². The third kappa shape index (κ3) is 1.52. The Hall–Kier alpha value is -1.44. The van der Waals surface area contributed by atoms with Crippen LogP contribution in [0.15, 0.2) is 36.4 Å². The van der Waals surface area contributed by atoms with E-state index in [1.807, 2.05) is 30.3 Å². The summed E-state index contributed by atoms with van der Waals surface area (Å²) >= 11 is 0. The number of rotatable bonds is 1. The standard InChI is InChI=1S/C11H10FN/c1-8(12)10-7-6-9-4-2-3-5-11(9)13-10/h2-8H,1H3/t8-/m1/s1. The third-order valence-corrected chi connectivity index (χ3v) is 2.03. The monoisotopic (exact) mass is 175 g/mol. The van der Waals surface area contributed by atoms with Crippen molar-refractivity contribution in [3.63, 3.8) is 0 Å². The van der Waals surface area contributed by atoms with Gasteiger partial charge in [0, 0.05) is 5.39 Å². The first kappa shape index (κ1) is 8.17. The molecule has 0 fully saturated rings. The van der Waals surface area contributed by atoms with Gasteiger partial charge in [0.2, 0.25) is 0 Å². The molecule has 2 rings (SSSR count). The largest absolute Gasteiger partial charge is 0.250 e. The molecule has 0 amide bonds. The summed E-state index contributed by atoms with van der Waals surface area (Å²) in [5.74, 6) is 0. The van der Waals surface area contributed by atoms with Crippen LogP contribution in [-0.4, -0.2) is 4.98 Å². The Morgan fingerprint density at radius 1 is 1.15 bits per heavy atom. The lowest BCUT2D eigenvalue weighted by molar-refractivity contribution is 0.366. The molecule has 0 aliphatic carbocycles. The minimum absolute atomic E-state index is 0.499. The molecule has 0 bridgehead atoms. The highest BCUT2D eigenvalue weighted by molar-refractivity contribution is 5.78. The van der Waals surface area contributed by atoms with Crippen molar-refractivity contribution in [2.24, 2.45) is 0 Å². The molecule has 0 saturated carbocycles. The molecule has 1 atom stereocenters. The maximum atomic E-state index is 12.9. The number of fused-ring (bicyclic) bond motifs is 1. The van der Waals surface area contributed by atoms with Crippen LogP contribution in [0.1, 0.15) is 18.8 Å². The van der Waals surface area contributed by atoms with E-state index >= 15 is 0 Å². The van der Waals surface area contributed by atoms with Gasteiger partial charge < -0.3 is 0 Å². The lowest BCUT2D eigenvalue weighted by atomic mass is 10.2. The van der Waals surface area contributed by atoms with Crippen molar-refractivity contribution >= 4 is 10.9 Å². The fourth-order valence-electron chi connectivity index (χ4n) is 1.30. The SMILES string of the molecule is C[C@@H](F)c1ccc2ccccc2n1. The Balaban J connectivity index is 2.62. The normalized spacial score (nSPS) is 13.1. The number of hydrogen-bond donors (Lipinski definition) is 0. The van der Waals surface area contributed by atoms with E-state index in [0.29, 0.717) is 5.69 Å². The van der Waals surface area contributed by atoms with Crippen LogP contribution in [-0.2, 0) is 0 Å². The zero-order valence-corrected chi connectivity index (χ0v) is 7.37. The summed E-state index contributed by atoms with van der Waals surface area (Å²) < 4.78 is 12.9. The highest BCUT2D eigenvalue weighted by Crippen LogP contribution is 2.18. The number of halogens is 1. The number of alkyl halides is 1. The highest BCUT2D eigenvalue weighted by Gasteiger charge is 2.04. The van der Waals surface area contributed by atoms with Crippen molar-refractivity contribution in [1.82, 2.24) is 4.98 Å². The van der Waals surface area contributed by atoms with Crippen molar-refractivity contribution in [1.29, 1.82) is 0 Å². The third-order valence-electron chi connectivity index (χ3n) is 2.03. The summed E-state index contributed by atoms with van der Waals surface area (Å²) in [4.78, 5) is 4.20. The van der Waals surface area contributed by atoms with E-state index in [1.165, 1.54) is 6.92 Å². The van der Waals surface area contributed by atoms with Gasteiger partial charge in [0.25, 0.3) is 0 Å². The average molecular weight is 175 g/mol. The van der Waals surface area contributed by atoms with E-state index in [0.717, 1.165) is 10.9 Å². The molecular formula is C11H10FN. The molecule has 1 nitrogen and oxygen atoms in total. The number of hydrogen-bond acceptors (Lipinski definition) is 1. The fourth-order valence-corrected chi connectivity index (χ4v) is 1.30. The van der Waals surface area contributed by atoms with Crippen LogP contribution in [0, 0.1) is 0 Å². The predicted molar refractivity (Wildman–Crippen MR) is 51.3 cm³/mol. The molecule has 0 saturated heterocycles. The maximum absolute atomic E-state index is 12.9. The van der Waals surface area contributed by atoms with Crippen LogP contribution in [0.5, 0.6) is 0 Å². The van der Waals surface area contributed by atoms with Crippen molar-refractivity contribution < 1.29 is 4.39 Å². The van der Waals surface area contributed by atoms with Crippen LogP contribution >= 0.6 is 0 Å². The molecule has 0 aliphatic rings. The summed E-state index contributed by atoms with van der Waals surface area (Å²) in [5.41, 5.74) is 1.35. The second-order valence-corrected chi connectivity index (χ2v) is 3.04. The summed E-state index contributed by atoms with van der Waals surface area (Å²) in [7, 11) is 0. The first-order chi connectivity index (χ1) is 6.27. The van der Waals surface area contributed by atoms with E-state index in [9.17, 15) is 4.39 Å². The first-order valence-electron chi connectivity index (χ1n) is 4.27. The summed E-state index contributed by atoms with van der Waals surface area (Å²) in [6.45, 7) is 1.50. The van der Waals surface area contributed by atoms with Crippen molar-refractivity contribution in [2.75, 3.05) is 0 Å². The van der Waals surface area contributed by atoms with Crippen LogP contribution < -0.4 is 0 Å². The Morgan fingerprint density at radius 3 is 2.69 bits per heavy atom. The second kappa shape index (κ2) is 3.13. The minimum atomic E-state index is -0.996. The number of benzene rings is 1. The number of aromatic nitrogens is 1. The van der Waals surface area contributed by atoms with Gasteiger partial charge in [0.05, 0.1) is 11.2 Å². The van der Waals surface area contributed by atoms with Crippen molar-refractivity contribution in [3.05, 3.63) is 42.1 Å². The van der Waals surface area contributed by atoms with Crippen molar-refractivity contribution in [2.45, 2.75) is 13.1 Å². The molecule has 1 aromatic heterocycles. The molecule has 1 aromatic carbocycles. The smallest absolute Gasteiger partial charge is 0.139 e. The number of pyridine rings is 1. The minimum Gasteiger partial charge on any atom is -0.250 e. The van der Waals surface area contributed by atoms with Gasteiger partial charge in [0.1, 0.15) is 6.17 Å². The van der Waals surface area contributed by atoms with Gasteiger partial charge >= 0.3 is 0 Å². The van der Waals surface area contributed by atoms with Crippen LogP contribution in [0.2, 0.25) is 0 Å². The zero-order chi connectivity index (χ0) is 9.26. The van der Waals surface area contributed by atoms with E-state index in [-0.39, 0.29) is 0 Å². The predicted octanol–water partition coefficient (Wildman–Crippen LogP) is 3.27. The van der Waals surface area contributed by atoms with Gasteiger partial charge in [0.15, 0.2) is 0 Å². The second-order valence-electron chi connectivity index (χ2n) is 3.04. The molecule has 2 heteroatoms. The lowest BCUT2D eigenvalue weighted by Crippen LogP contribution is -1.90. The van der Waals surface area contributed by atoms with E-state index in [1.54, 1.807) is 6.07 Å². The van der Waals surface area contributed by atoms with Crippen LogP contribution in [0.4, 0.5) is 4.39 Å².